The molecule has 4 amide bonds. The third-order valence-electron chi connectivity index (χ3n) is 5.45. The van der Waals surface area contributed by atoms with E-state index in [4.69, 9.17) is 0 Å². The fourth-order valence-electron chi connectivity index (χ4n) is 3.83. The van der Waals surface area contributed by atoms with Crippen molar-refractivity contribution in [3.05, 3.63) is 71.8 Å². The number of carbonyl (C=O) groups excluding carboxylic acids is 4. The molecule has 0 spiro atoms. The lowest BCUT2D eigenvalue weighted by atomic mass is 10.1. The lowest BCUT2D eigenvalue weighted by Gasteiger charge is -2.25. The second-order valence-corrected chi connectivity index (χ2v) is 7.43. The van der Waals surface area contributed by atoms with Gasteiger partial charge in [0.2, 0.25) is 23.6 Å². The number of amides is 4. The van der Waals surface area contributed by atoms with Gasteiger partial charge in [0.1, 0.15) is 12.1 Å². The van der Waals surface area contributed by atoms with E-state index in [9.17, 15) is 24.4 Å². The van der Waals surface area contributed by atoms with Crippen LogP contribution in [0.2, 0.25) is 0 Å². The SMILES string of the molecule is O=C1C[C@@H](N(O)[C@H]2CC(=O)N(Cc3ccccc3)C2=O)C(=O)N1Cc1ccccc1. The quantitative estimate of drug-likeness (QED) is 0.573. The number of hydroxylamine groups is 2. The molecule has 2 aromatic carbocycles. The van der Waals surface area contributed by atoms with Crippen molar-refractivity contribution in [1.29, 1.82) is 0 Å². The number of rotatable bonds is 6. The monoisotopic (exact) mass is 407 g/mol. The third-order valence-corrected chi connectivity index (χ3v) is 5.45. The maximum Gasteiger partial charge on any atom is 0.249 e. The maximum atomic E-state index is 12.8. The maximum absolute atomic E-state index is 12.8. The zero-order valence-electron chi connectivity index (χ0n) is 16.2. The Bertz CT molecular complexity index is 899. The van der Waals surface area contributed by atoms with E-state index in [1.54, 1.807) is 48.5 Å². The third kappa shape index (κ3) is 3.74. The number of benzene rings is 2. The normalized spacial score (nSPS) is 21.9. The van der Waals surface area contributed by atoms with Crippen LogP contribution in [0, 0.1) is 0 Å². The van der Waals surface area contributed by atoms with Crippen LogP contribution in [-0.4, -0.2) is 55.8 Å². The average molecular weight is 407 g/mol. The molecule has 1 N–H and O–H groups in total. The molecule has 0 bridgehead atoms. The largest absolute Gasteiger partial charge is 0.312 e. The van der Waals surface area contributed by atoms with Crippen molar-refractivity contribution in [3.63, 3.8) is 0 Å². The summed E-state index contributed by atoms with van der Waals surface area (Å²) in [5, 5.41) is 11.2. The predicted octanol–water partition coefficient (Wildman–Crippen LogP) is 1.33. The fraction of sp³-hybridized carbons (Fsp3) is 0.273. The van der Waals surface area contributed by atoms with Crippen LogP contribution < -0.4 is 0 Å². The summed E-state index contributed by atoms with van der Waals surface area (Å²) in [7, 11) is 0. The summed E-state index contributed by atoms with van der Waals surface area (Å²) in [5.74, 6) is -2.00. The van der Waals surface area contributed by atoms with Crippen molar-refractivity contribution in [2.24, 2.45) is 0 Å². The number of carbonyl (C=O) groups is 4. The van der Waals surface area contributed by atoms with Gasteiger partial charge in [-0.15, -0.1) is 0 Å². The van der Waals surface area contributed by atoms with Gasteiger partial charge in [0.15, 0.2) is 0 Å². The van der Waals surface area contributed by atoms with Crippen LogP contribution >= 0.6 is 0 Å². The van der Waals surface area contributed by atoms with E-state index < -0.39 is 35.7 Å². The van der Waals surface area contributed by atoms with E-state index in [2.05, 4.69) is 0 Å². The molecule has 0 aromatic heterocycles. The molecule has 0 saturated carbocycles. The summed E-state index contributed by atoms with van der Waals surface area (Å²) in [6, 6.07) is 15.7. The van der Waals surface area contributed by atoms with E-state index >= 15 is 0 Å². The highest BCUT2D eigenvalue weighted by Crippen LogP contribution is 2.27. The minimum absolute atomic E-state index is 0.0977. The first-order chi connectivity index (χ1) is 14.5. The van der Waals surface area contributed by atoms with Gasteiger partial charge >= 0.3 is 0 Å². The molecule has 2 aromatic rings. The van der Waals surface area contributed by atoms with Gasteiger partial charge in [-0.1, -0.05) is 60.7 Å². The van der Waals surface area contributed by atoms with Gasteiger partial charge in [0, 0.05) is 0 Å². The minimum Gasteiger partial charge on any atom is -0.312 e. The van der Waals surface area contributed by atoms with Gasteiger partial charge in [-0.2, -0.15) is 5.06 Å². The summed E-state index contributed by atoms with van der Waals surface area (Å²) in [5.41, 5.74) is 1.57. The molecule has 2 saturated heterocycles. The van der Waals surface area contributed by atoms with Gasteiger partial charge in [0.25, 0.3) is 0 Å². The Balaban J connectivity index is 1.46. The summed E-state index contributed by atoms with van der Waals surface area (Å²) in [6.07, 6.45) is -0.475. The number of hydrogen-bond donors (Lipinski definition) is 1. The Morgan fingerprint density at radius 2 is 1.07 bits per heavy atom. The van der Waals surface area contributed by atoms with E-state index in [0.717, 1.165) is 20.9 Å². The first kappa shape index (κ1) is 19.9. The van der Waals surface area contributed by atoms with Crippen molar-refractivity contribution >= 4 is 23.6 Å². The first-order valence-corrected chi connectivity index (χ1v) is 9.69. The molecule has 2 aliphatic heterocycles. The lowest BCUT2D eigenvalue weighted by molar-refractivity contribution is -0.177. The van der Waals surface area contributed by atoms with Crippen LogP contribution in [0.15, 0.2) is 60.7 Å². The summed E-state index contributed by atoms with van der Waals surface area (Å²) < 4.78 is 0. The highest BCUT2D eigenvalue weighted by Gasteiger charge is 2.49. The highest BCUT2D eigenvalue weighted by molar-refractivity contribution is 6.07. The Morgan fingerprint density at radius 1 is 0.700 bits per heavy atom. The van der Waals surface area contributed by atoms with Crippen LogP contribution in [-0.2, 0) is 32.3 Å². The summed E-state index contributed by atoms with van der Waals surface area (Å²) >= 11 is 0. The van der Waals surface area contributed by atoms with E-state index in [1.165, 1.54) is 0 Å². The van der Waals surface area contributed by atoms with Gasteiger partial charge < -0.3 is 5.21 Å². The minimum atomic E-state index is -1.18. The fourth-order valence-corrected chi connectivity index (χ4v) is 3.83. The average Bonchev–Trinajstić information content (AvgIpc) is 3.20. The molecule has 8 heteroatoms. The van der Waals surface area contributed by atoms with Crippen LogP contribution in [0.25, 0.3) is 0 Å². The Kier molecular flexibility index (Phi) is 5.43. The number of nitrogens with zero attached hydrogens (tertiary/aromatic N) is 3. The topological polar surface area (TPSA) is 98.2 Å². The zero-order chi connectivity index (χ0) is 21.3. The molecule has 2 fully saturated rings. The van der Waals surface area contributed by atoms with Crippen molar-refractivity contribution in [1.82, 2.24) is 14.9 Å². The van der Waals surface area contributed by atoms with E-state index in [-0.39, 0.29) is 25.9 Å². The highest BCUT2D eigenvalue weighted by atomic mass is 16.5. The number of likely N-dealkylation sites (tertiary alicyclic amines) is 2. The standard InChI is InChI=1S/C22H21N3O5/c26-19-11-17(21(28)23(19)13-15-7-3-1-4-8-15)25(30)18-12-20(27)24(22(18)29)14-16-9-5-2-6-10-16/h1-10,17-18,30H,11-14H2/t17-,18+. The van der Waals surface area contributed by atoms with Gasteiger partial charge in [-0.3, -0.25) is 29.0 Å². The molecular formula is C22H21N3O5. The van der Waals surface area contributed by atoms with Crippen molar-refractivity contribution in [2.45, 2.75) is 38.0 Å². The Morgan fingerprint density at radius 3 is 1.43 bits per heavy atom. The van der Waals surface area contributed by atoms with Crippen molar-refractivity contribution in [3.8, 4) is 0 Å². The molecule has 2 heterocycles. The van der Waals surface area contributed by atoms with Crippen LogP contribution in [0.5, 0.6) is 0 Å². The van der Waals surface area contributed by atoms with Crippen LogP contribution in [0.1, 0.15) is 24.0 Å². The van der Waals surface area contributed by atoms with Crippen molar-refractivity contribution < 1.29 is 24.4 Å². The summed E-state index contributed by atoms with van der Waals surface area (Å²) in [4.78, 5) is 52.4. The smallest absolute Gasteiger partial charge is 0.249 e. The summed E-state index contributed by atoms with van der Waals surface area (Å²) in [6.45, 7) is 0.195. The van der Waals surface area contributed by atoms with Crippen LogP contribution in [0.3, 0.4) is 0 Å². The van der Waals surface area contributed by atoms with Gasteiger partial charge in [0.05, 0.1) is 25.9 Å². The molecule has 4 rings (SSSR count). The molecule has 2 atom stereocenters. The Labute approximate surface area is 173 Å². The molecule has 0 unspecified atom stereocenters. The second kappa shape index (κ2) is 8.17. The second-order valence-electron chi connectivity index (χ2n) is 7.43. The van der Waals surface area contributed by atoms with Crippen LogP contribution in [0.4, 0.5) is 0 Å². The van der Waals surface area contributed by atoms with Crippen molar-refractivity contribution in [2.75, 3.05) is 0 Å². The number of hydrogen-bond acceptors (Lipinski definition) is 6. The Hall–Kier alpha value is -3.36. The molecule has 0 aliphatic carbocycles. The molecule has 2 aliphatic rings. The molecular weight excluding hydrogens is 386 g/mol. The van der Waals surface area contributed by atoms with Gasteiger partial charge in [-0.25, -0.2) is 0 Å². The molecule has 154 valence electrons. The molecule has 8 nitrogen and oxygen atoms in total. The first-order valence-electron chi connectivity index (χ1n) is 9.69. The van der Waals surface area contributed by atoms with E-state index in [1.807, 2.05) is 12.1 Å². The zero-order valence-corrected chi connectivity index (χ0v) is 16.2. The molecule has 0 radical (unpaired) electrons. The molecule has 30 heavy (non-hydrogen) atoms. The number of imide groups is 2. The lowest BCUT2D eigenvalue weighted by Crippen LogP contribution is -2.48. The predicted molar refractivity (Wildman–Crippen MR) is 104 cm³/mol. The van der Waals surface area contributed by atoms with Gasteiger partial charge in [-0.05, 0) is 11.1 Å². The van der Waals surface area contributed by atoms with E-state index in [0.29, 0.717) is 5.06 Å².